The molecule has 1 atom stereocenters. The Morgan fingerprint density at radius 2 is 1.76 bits per heavy atom. The highest BCUT2D eigenvalue weighted by Crippen LogP contribution is 2.38. The molecule has 1 amide bonds. The molecule has 4 rings (SSSR count). The molecule has 1 unspecified atom stereocenters. The summed E-state index contributed by atoms with van der Waals surface area (Å²) in [4.78, 5) is 15.2. The maximum Gasteiger partial charge on any atom is 0.573 e. The molecule has 0 aliphatic carbocycles. The molecule has 14 heteroatoms. The Hall–Kier alpha value is -3.91. The van der Waals surface area contributed by atoms with Gasteiger partial charge < -0.3 is 19.9 Å². The molecule has 0 saturated heterocycles. The standard InChI is InChI=1S/C23H19F4N3O6S/c1-13-2-8-18(24)20-17(13)10-11-30(21(20)35-22(28)31)37(32,33)16-7-9-19(29-12-16)34-14-3-5-15(6-4-14)36-23(25,26)27/h2-9,12,21H,10-11H2,1H3,(H2,28,31). The van der Waals surface area contributed by atoms with Crippen molar-refractivity contribution in [2.45, 2.75) is 30.8 Å². The number of aromatic nitrogens is 1. The number of hydrogen-bond acceptors (Lipinski definition) is 7. The van der Waals surface area contributed by atoms with Crippen molar-refractivity contribution in [2.24, 2.45) is 5.73 Å². The summed E-state index contributed by atoms with van der Waals surface area (Å²) in [7, 11) is -4.35. The van der Waals surface area contributed by atoms with Crippen LogP contribution in [0.3, 0.4) is 0 Å². The molecule has 1 aliphatic heterocycles. The second-order valence-electron chi connectivity index (χ2n) is 7.86. The number of rotatable bonds is 6. The van der Waals surface area contributed by atoms with E-state index in [1.54, 1.807) is 13.0 Å². The van der Waals surface area contributed by atoms with E-state index in [-0.39, 0.29) is 35.1 Å². The quantitative estimate of drug-likeness (QED) is 0.454. The first-order valence-corrected chi connectivity index (χ1v) is 12.0. The second-order valence-corrected chi connectivity index (χ2v) is 9.76. The van der Waals surface area contributed by atoms with Crippen molar-refractivity contribution in [2.75, 3.05) is 6.54 Å². The number of hydrogen-bond donors (Lipinski definition) is 1. The number of carbonyl (C=O) groups excluding carboxylic acids is 1. The summed E-state index contributed by atoms with van der Waals surface area (Å²) in [5.41, 5.74) is 6.27. The normalized spacial score (nSPS) is 16.1. The van der Waals surface area contributed by atoms with Gasteiger partial charge in [0.2, 0.25) is 15.9 Å². The predicted molar refractivity (Wildman–Crippen MR) is 120 cm³/mol. The SMILES string of the molecule is Cc1ccc(F)c2c1CCN(S(=O)(=O)c1ccc(Oc3ccc(OC(F)(F)F)cc3)nc1)C2OC(N)=O. The van der Waals surface area contributed by atoms with Crippen LogP contribution < -0.4 is 15.2 Å². The third-order valence-electron chi connectivity index (χ3n) is 5.45. The van der Waals surface area contributed by atoms with E-state index in [4.69, 9.17) is 15.2 Å². The van der Waals surface area contributed by atoms with Gasteiger partial charge in [0.1, 0.15) is 22.2 Å². The van der Waals surface area contributed by atoms with E-state index in [1.807, 2.05) is 0 Å². The van der Waals surface area contributed by atoms with E-state index in [2.05, 4.69) is 9.72 Å². The number of ether oxygens (including phenoxy) is 3. The summed E-state index contributed by atoms with van der Waals surface area (Å²) in [6, 6.07) is 9.57. The van der Waals surface area contributed by atoms with Gasteiger partial charge in [0, 0.05) is 18.2 Å². The van der Waals surface area contributed by atoms with E-state index >= 15 is 0 Å². The van der Waals surface area contributed by atoms with Gasteiger partial charge in [-0.2, -0.15) is 4.31 Å². The number of primary amides is 1. The van der Waals surface area contributed by atoms with Crippen molar-refractivity contribution < 1.29 is 45.0 Å². The Balaban J connectivity index is 1.57. The zero-order chi connectivity index (χ0) is 27.0. The molecule has 0 radical (unpaired) electrons. The van der Waals surface area contributed by atoms with Crippen molar-refractivity contribution in [3.8, 4) is 17.4 Å². The Bertz CT molecular complexity index is 1410. The molecular weight excluding hydrogens is 522 g/mol. The maximum absolute atomic E-state index is 14.7. The van der Waals surface area contributed by atoms with Gasteiger partial charge in [0.15, 0.2) is 6.23 Å². The maximum atomic E-state index is 14.7. The van der Waals surface area contributed by atoms with Crippen LogP contribution in [0, 0.1) is 12.7 Å². The number of sulfonamides is 1. The molecule has 196 valence electrons. The number of nitrogens with two attached hydrogens (primary N) is 1. The van der Waals surface area contributed by atoms with Crippen molar-refractivity contribution >= 4 is 16.1 Å². The molecule has 0 saturated carbocycles. The van der Waals surface area contributed by atoms with Crippen LogP contribution in [0.2, 0.25) is 0 Å². The van der Waals surface area contributed by atoms with Crippen LogP contribution in [0.25, 0.3) is 0 Å². The molecule has 0 fully saturated rings. The number of carbonyl (C=O) groups is 1. The molecule has 1 aliphatic rings. The fraction of sp³-hybridized carbons (Fsp3) is 0.217. The average molecular weight is 541 g/mol. The number of halogens is 4. The Morgan fingerprint density at radius 1 is 1.08 bits per heavy atom. The molecule has 1 aromatic heterocycles. The van der Waals surface area contributed by atoms with Gasteiger partial charge >= 0.3 is 12.5 Å². The van der Waals surface area contributed by atoms with Crippen LogP contribution in [-0.2, 0) is 21.2 Å². The number of benzene rings is 2. The lowest BCUT2D eigenvalue weighted by Gasteiger charge is -2.35. The van der Waals surface area contributed by atoms with E-state index < -0.39 is 40.3 Å². The third kappa shape index (κ3) is 5.75. The Kier molecular flexibility index (Phi) is 6.97. The van der Waals surface area contributed by atoms with Gasteiger partial charge in [-0.1, -0.05) is 6.07 Å². The Morgan fingerprint density at radius 3 is 2.35 bits per heavy atom. The number of fused-ring (bicyclic) bond motifs is 1. The largest absolute Gasteiger partial charge is 0.573 e. The molecule has 0 spiro atoms. The summed E-state index contributed by atoms with van der Waals surface area (Å²) >= 11 is 0. The molecular formula is C23H19F4N3O6S. The number of amides is 1. The highest BCUT2D eigenvalue weighted by molar-refractivity contribution is 7.89. The van der Waals surface area contributed by atoms with Crippen LogP contribution in [0.5, 0.6) is 17.4 Å². The number of nitrogens with zero attached hydrogens (tertiary/aromatic N) is 2. The van der Waals surface area contributed by atoms with Gasteiger partial charge in [-0.3, -0.25) is 0 Å². The summed E-state index contributed by atoms with van der Waals surface area (Å²) in [5.74, 6) is -1.14. The van der Waals surface area contributed by atoms with E-state index in [0.29, 0.717) is 11.1 Å². The minimum absolute atomic E-state index is 0.0564. The second kappa shape index (κ2) is 9.86. The van der Waals surface area contributed by atoms with E-state index in [1.165, 1.54) is 24.3 Å². The van der Waals surface area contributed by atoms with Gasteiger partial charge in [0.25, 0.3) is 0 Å². The van der Waals surface area contributed by atoms with Gasteiger partial charge in [-0.25, -0.2) is 22.6 Å². The first-order valence-electron chi connectivity index (χ1n) is 10.6. The molecule has 37 heavy (non-hydrogen) atoms. The van der Waals surface area contributed by atoms with E-state index in [0.717, 1.165) is 28.7 Å². The summed E-state index contributed by atoms with van der Waals surface area (Å²) in [6.45, 7) is 1.60. The lowest BCUT2D eigenvalue weighted by Crippen LogP contribution is -2.43. The molecule has 2 aromatic carbocycles. The van der Waals surface area contributed by atoms with Crippen LogP contribution >= 0.6 is 0 Å². The topological polar surface area (TPSA) is 121 Å². The van der Waals surface area contributed by atoms with Gasteiger partial charge in [0.05, 0.1) is 6.20 Å². The molecule has 2 N–H and O–H groups in total. The molecule has 2 heterocycles. The first-order chi connectivity index (χ1) is 17.3. The van der Waals surface area contributed by atoms with Gasteiger partial charge in [-0.05, 0) is 60.9 Å². The van der Waals surface area contributed by atoms with Gasteiger partial charge in [-0.15, -0.1) is 13.2 Å². The molecule has 0 bridgehead atoms. The number of aryl methyl sites for hydroxylation is 1. The van der Waals surface area contributed by atoms with Crippen LogP contribution in [-0.4, -0.2) is 36.7 Å². The van der Waals surface area contributed by atoms with Crippen LogP contribution in [0.1, 0.15) is 22.9 Å². The summed E-state index contributed by atoms with van der Waals surface area (Å²) in [6.07, 6.45) is -6.60. The lowest BCUT2D eigenvalue weighted by molar-refractivity contribution is -0.274. The minimum Gasteiger partial charge on any atom is -0.439 e. The minimum atomic E-state index is -4.84. The smallest absolute Gasteiger partial charge is 0.439 e. The highest BCUT2D eigenvalue weighted by Gasteiger charge is 2.41. The molecule has 3 aromatic rings. The Labute approximate surface area is 208 Å². The van der Waals surface area contributed by atoms with Crippen LogP contribution in [0.4, 0.5) is 22.4 Å². The fourth-order valence-corrected chi connectivity index (χ4v) is 5.28. The summed E-state index contributed by atoms with van der Waals surface area (Å²) < 4.78 is 93.5. The average Bonchev–Trinajstić information content (AvgIpc) is 2.81. The number of alkyl halides is 3. The number of pyridine rings is 1. The van der Waals surface area contributed by atoms with E-state index in [9.17, 15) is 30.8 Å². The predicted octanol–water partition coefficient (Wildman–Crippen LogP) is 4.56. The monoisotopic (exact) mass is 541 g/mol. The lowest BCUT2D eigenvalue weighted by atomic mass is 9.94. The molecule has 9 nitrogen and oxygen atoms in total. The van der Waals surface area contributed by atoms with Crippen molar-refractivity contribution in [3.63, 3.8) is 0 Å². The zero-order valence-electron chi connectivity index (χ0n) is 19.0. The van der Waals surface area contributed by atoms with Crippen molar-refractivity contribution in [1.29, 1.82) is 0 Å². The highest BCUT2D eigenvalue weighted by atomic mass is 32.2. The fourth-order valence-electron chi connectivity index (χ4n) is 3.85. The first kappa shape index (κ1) is 26.2. The third-order valence-corrected chi connectivity index (χ3v) is 7.28. The zero-order valence-corrected chi connectivity index (χ0v) is 19.8. The van der Waals surface area contributed by atoms with Crippen LogP contribution in [0.15, 0.2) is 59.6 Å². The summed E-state index contributed by atoms with van der Waals surface area (Å²) in [5, 5.41) is 0. The van der Waals surface area contributed by atoms with Crippen molar-refractivity contribution in [3.05, 3.63) is 77.2 Å². The van der Waals surface area contributed by atoms with Crippen molar-refractivity contribution in [1.82, 2.24) is 9.29 Å².